The van der Waals surface area contributed by atoms with E-state index in [0.717, 1.165) is 0 Å². The second kappa shape index (κ2) is 6.74. The van der Waals surface area contributed by atoms with Crippen LogP contribution in [0.4, 0.5) is 4.39 Å². The number of amides is 1. The van der Waals surface area contributed by atoms with Gasteiger partial charge in [-0.15, -0.1) is 0 Å². The molecule has 5 heteroatoms. The first-order valence-electron chi connectivity index (χ1n) is 6.19. The standard InChI is InChI=1S/C14H17FN2O2/c1-4-17(5-2)14(18)10(3)19-13-8-6-7-12(15)11(13)9-16/h6-8,10H,4-5H2,1-3H3. The van der Waals surface area contributed by atoms with Gasteiger partial charge in [0, 0.05) is 13.1 Å². The van der Waals surface area contributed by atoms with Gasteiger partial charge in [0.2, 0.25) is 0 Å². The number of rotatable bonds is 5. The second-order valence-electron chi connectivity index (χ2n) is 4.00. The summed E-state index contributed by atoms with van der Waals surface area (Å²) < 4.78 is 18.8. The lowest BCUT2D eigenvalue weighted by Gasteiger charge is -2.23. The Bertz CT molecular complexity index is 493. The first-order valence-corrected chi connectivity index (χ1v) is 6.19. The molecule has 1 amide bonds. The number of hydrogen-bond donors (Lipinski definition) is 0. The molecule has 0 N–H and O–H groups in total. The van der Waals surface area contributed by atoms with Crippen molar-refractivity contribution in [1.29, 1.82) is 5.26 Å². The Kier molecular flexibility index (Phi) is 5.31. The summed E-state index contributed by atoms with van der Waals surface area (Å²) >= 11 is 0. The highest BCUT2D eigenvalue weighted by Gasteiger charge is 2.21. The third-order valence-electron chi connectivity index (χ3n) is 2.81. The fraction of sp³-hybridized carbons (Fsp3) is 0.429. The van der Waals surface area contributed by atoms with Crippen LogP contribution in [0.2, 0.25) is 0 Å². The molecular weight excluding hydrogens is 247 g/mol. The Balaban J connectivity index is 2.89. The van der Waals surface area contributed by atoms with Crippen LogP contribution in [0, 0.1) is 17.1 Å². The van der Waals surface area contributed by atoms with Crippen molar-refractivity contribution in [3.8, 4) is 11.8 Å². The molecule has 19 heavy (non-hydrogen) atoms. The molecule has 0 saturated heterocycles. The zero-order valence-corrected chi connectivity index (χ0v) is 11.3. The van der Waals surface area contributed by atoms with Gasteiger partial charge in [0.15, 0.2) is 6.10 Å². The van der Waals surface area contributed by atoms with Crippen molar-refractivity contribution in [3.63, 3.8) is 0 Å². The molecule has 1 aromatic carbocycles. The quantitative estimate of drug-likeness (QED) is 0.820. The molecule has 102 valence electrons. The fourth-order valence-corrected chi connectivity index (χ4v) is 1.74. The Morgan fingerprint density at radius 3 is 2.63 bits per heavy atom. The highest BCUT2D eigenvalue weighted by atomic mass is 19.1. The van der Waals surface area contributed by atoms with Gasteiger partial charge in [-0.2, -0.15) is 5.26 Å². The summed E-state index contributed by atoms with van der Waals surface area (Å²) in [6, 6.07) is 5.85. The van der Waals surface area contributed by atoms with E-state index >= 15 is 0 Å². The largest absolute Gasteiger partial charge is 0.479 e. The van der Waals surface area contributed by atoms with Gasteiger partial charge in [0.1, 0.15) is 23.2 Å². The smallest absolute Gasteiger partial charge is 0.263 e. The first kappa shape index (κ1) is 15.0. The van der Waals surface area contributed by atoms with Crippen LogP contribution in [0.15, 0.2) is 18.2 Å². The van der Waals surface area contributed by atoms with Crippen LogP contribution in [0.3, 0.4) is 0 Å². The number of nitriles is 1. The normalized spacial score (nSPS) is 11.5. The zero-order chi connectivity index (χ0) is 14.4. The Hall–Kier alpha value is -2.09. The van der Waals surface area contributed by atoms with Crippen LogP contribution >= 0.6 is 0 Å². The molecule has 0 aliphatic heterocycles. The van der Waals surface area contributed by atoms with E-state index in [-0.39, 0.29) is 17.2 Å². The third kappa shape index (κ3) is 3.44. The van der Waals surface area contributed by atoms with Crippen molar-refractivity contribution in [2.75, 3.05) is 13.1 Å². The van der Waals surface area contributed by atoms with E-state index in [1.54, 1.807) is 17.9 Å². The predicted octanol–water partition coefficient (Wildman–Crippen LogP) is 2.33. The molecule has 0 aromatic heterocycles. The van der Waals surface area contributed by atoms with Gasteiger partial charge in [-0.1, -0.05) is 6.07 Å². The number of likely N-dealkylation sites (N-methyl/N-ethyl adjacent to an activating group) is 1. The highest BCUT2D eigenvalue weighted by molar-refractivity contribution is 5.80. The molecule has 0 saturated carbocycles. The molecule has 1 unspecified atom stereocenters. The van der Waals surface area contributed by atoms with E-state index in [9.17, 15) is 9.18 Å². The van der Waals surface area contributed by atoms with Crippen LogP contribution < -0.4 is 4.74 Å². The maximum absolute atomic E-state index is 13.4. The van der Waals surface area contributed by atoms with Gasteiger partial charge in [-0.05, 0) is 32.9 Å². The maximum Gasteiger partial charge on any atom is 0.263 e. The van der Waals surface area contributed by atoms with Crippen LogP contribution in [-0.2, 0) is 4.79 Å². The summed E-state index contributed by atoms with van der Waals surface area (Å²) in [4.78, 5) is 13.6. The summed E-state index contributed by atoms with van der Waals surface area (Å²) in [5, 5.41) is 8.89. The number of carbonyl (C=O) groups excluding carboxylic acids is 1. The number of nitrogens with zero attached hydrogens (tertiary/aromatic N) is 2. The minimum Gasteiger partial charge on any atom is -0.479 e. The van der Waals surface area contributed by atoms with Crippen molar-refractivity contribution < 1.29 is 13.9 Å². The molecule has 1 rings (SSSR count). The van der Waals surface area contributed by atoms with Crippen LogP contribution in [0.1, 0.15) is 26.3 Å². The monoisotopic (exact) mass is 264 g/mol. The molecule has 4 nitrogen and oxygen atoms in total. The lowest BCUT2D eigenvalue weighted by atomic mass is 10.2. The van der Waals surface area contributed by atoms with Gasteiger partial charge in [0.05, 0.1) is 0 Å². The molecule has 0 radical (unpaired) electrons. The van der Waals surface area contributed by atoms with Crippen molar-refractivity contribution >= 4 is 5.91 Å². The fourth-order valence-electron chi connectivity index (χ4n) is 1.74. The van der Waals surface area contributed by atoms with E-state index in [4.69, 9.17) is 10.00 Å². The minimum absolute atomic E-state index is 0.0931. The minimum atomic E-state index is -0.756. The Labute approximate surface area is 112 Å². The maximum atomic E-state index is 13.4. The summed E-state index contributed by atoms with van der Waals surface area (Å²) in [5.74, 6) is -0.740. The second-order valence-corrected chi connectivity index (χ2v) is 4.00. The molecule has 0 aliphatic carbocycles. The molecule has 0 spiro atoms. The molecule has 1 aromatic rings. The average Bonchev–Trinajstić information content (AvgIpc) is 2.40. The molecule has 0 heterocycles. The van der Waals surface area contributed by atoms with Crippen molar-refractivity contribution in [2.24, 2.45) is 0 Å². The molecule has 0 bridgehead atoms. The molecule has 0 fully saturated rings. The Morgan fingerprint density at radius 1 is 1.47 bits per heavy atom. The van der Waals surface area contributed by atoms with Gasteiger partial charge in [-0.25, -0.2) is 4.39 Å². The summed E-state index contributed by atoms with van der Waals surface area (Å²) in [7, 11) is 0. The van der Waals surface area contributed by atoms with Crippen molar-refractivity contribution in [2.45, 2.75) is 26.9 Å². The van der Waals surface area contributed by atoms with E-state index in [1.165, 1.54) is 18.2 Å². The Morgan fingerprint density at radius 2 is 2.11 bits per heavy atom. The van der Waals surface area contributed by atoms with Crippen molar-refractivity contribution in [1.82, 2.24) is 4.90 Å². The van der Waals surface area contributed by atoms with Crippen LogP contribution in [0.25, 0.3) is 0 Å². The van der Waals surface area contributed by atoms with Crippen LogP contribution in [-0.4, -0.2) is 30.0 Å². The van der Waals surface area contributed by atoms with Crippen LogP contribution in [0.5, 0.6) is 5.75 Å². The number of halogens is 1. The molecular formula is C14H17FN2O2. The lowest BCUT2D eigenvalue weighted by molar-refractivity contribution is -0.137. The third-order valence-corrected chi connectivity index (χ3v) is 2.81. The summed E-state index contributed by atoms with van der Waals surface area (Å²) in [6.45, 7) is 6.50. The predicted molar refractivity (Wildman–Crippen MR) is 69.1 cm³/mol. The van der Waals surface area contributed by atoms with Gasteiger partial charge in [0.25, 0.3) is 5.91 Å². The van der Waals surface area contributed by atoms with E-state index < -0.39 is 11.9 Å². The topological polar surface area (TPSA) is 53.3 Å². The number of benzene rings is 1. The van der Waals surface area contributed by atoms with Crippen molar-refractivity contribution in [3.05, 3.63) is 29.6 Å². The zero-order valence-electron chi connectivity index (χ0n) is 11.3. The van der Waals surface area contributed by atoms with Gasteiger partial charge >= 0.3 is 0 Å². The van der Waals surface area contributed by atoms with Gasteiger partial charge < -0.3 is 9.64 Å². The SMILES string of the molecule is CCN(CC)C(=O)C(C)Oc1cccc(F)c1C#N. The molecule has 1 atom stereocenters. The number of ether oxygens (including phenoxy) is 1. The highest BCUT2D eigenvalue weighted by Crippen LogP contribution is 2.21. The van der Waals surface area contributed by atoms with E-state index in [1.807, 2.05) is 13.8 Å². The van der Waals surface area contributed by atoms with Gasteiger partial charge in [-0.3, -0.25) is 4.79 Å². The molecule has 0 aliphatic rings. The lowest BCUT2D eigenvalue weighted by Crippen LogP contribution is -2.40. The summed E-state index contributed by atoms with van der Waals surface area (Å²) in [5.41, 5.74) is -0.179. The average molecular weight is 264 g/mol. The van der Waals surface area contributed by atoms with E-state index in [0.29, 0.717) is 13.1 Å². The summed E-state index contributed by atoms with van der Waals surface area (Å²) in [6.07, 6.45) is -0.756. The first-order chi connectivity index (χ1) is 9.04. The number of hydrogen-bond acceptors (Lipinski definition) is 3. The number of carbonyl (C=O) groups is 1. The van der Waals surface area contributed by atoms with E-state index in [2.05, 4.69) is 0 Å².